The molecule has 432 valence electrons. The molecule has 1 saturated carbocycles. The molecular formula is C55H57N13O9S6. The Bertz CT molecular complexity index is 3680. The second-order valence-electron chi connectivity index (χ2n) is 20.0. The number of pyridine rings is 1. The number of methoxy groups -OCH3 is 1. The van der Waals surface area contributed by atoms with Crippen molar-refractivity contribution in [2.24, 2.45) is 11.7 Å². The number of fused-ring (bicyclic) bond motifs is 14. The number of thiazole rings is 6. The average molecular weight is 1240 g/mol. The van der Waals surface area contributed by atoms with Gasteiger partial charge in [0.2, 0.25) is 11.8 Å². The standard InChI is InChI=1S/C55H57N13O9S6/c1-25(2)31-17-37(69)42-26(3)82-53(67-42)33(18-40(70)57-4)60-47(73)35-22-78-49(62-35)30-15-16-32(51-64-39(24-81-51)65-55(75)77-29-13-11-28(56)12-14-29)59-43(30)34-21-79-52(61-34)36-23-80-54(63-36)45(46(72)27-9-7-6-8-10-27)66-41(71)19-58-48(74)44-38(20-76-5)83-50(31)68-44/h6-10,15-16,21-25,28-29,31,33,45-46,72H,11-14,17-20,56H2,1-5H3,(H,57,70)(H,58,74)(H,60,73)(H,65,75)(H,66,71)/t28?,29?,31-,33+,45+,46+/m1/s1. The Morgan fingerprint density at radius 3 is 2.22 bits per heavy atom. The first-order valence-electron chi connectivity index (χ1n) is 26.4. The number of carbonyl (C=O) groups is 6. The number of hydrogen-bond donors (Lipinski definition) is 7. The molecule has 7 aromatic heterocycles. The number of ether oxygens (including phenoxy) is 2. The fourth-order valence-corrected chi connectivity index (χ4v) is 15.0. The highest BCUT2D eigenvalue weighted by molar-refractivity contribution is 7.15. The fraction of sp³-hybridized carbons (Fsp3) is 0.364. The first-order valence-corrected chi connectivity index (χ1v) is 31.6. The van der Waals surface area contributed by atoms with E-state index in [1.807, 2.05) is 19.9 Å². The minimum absolute atomic E-state index is 0.0297. The van der Waals surface area contributed by atoms with E-state index >= 15 is 0 Å². The summed E-state index contributed by atoms with van der Waals surface area (Å²) in [7, 11) is 2.98. The van der Waals surface area contributed by atoms with Gasteiger partial charge in [-0.2, -0.15) is 0 Å². The van der Waals surface area contributed by atoms with Crippen molar-refractivity contribution in [1.29, 1.82) is 0 Å². The summed E-state index contributed by atoms with van der Waals surface area (Å²) < 4.78 is 11.1. The molecular weight excluding hydrogens is 1180 g/mol. The van der Waals surface area contributed by atoms with Gasteiger partial charge >= 0.3 is 6.09 Å². The third kappa shape index (κ3) is 13.8. The lowest BCUT2D eigenvalue weighted by atomic mass is 9.90. The molecule has 1 aliphatic heterocycles. The van der Waals surface area contributed by atoms with Crippen molar-refractivity contribution >= 4 is 109 Å². The van der Waals surface area contributed by atoms with E-state index in [9.17, 15) is 33.9 Å². The highest BCUT2D eigenvalue weighted by Crippen LogP contribution is 2.41. The van der Waals surface area contributed by atoms with Crippen LogP contribution in [0.2, 0.25) is 0 Å². The summed E-state index contributed by atoms with van der Waals surface area (Å²) in [5, 5.41) is 35.3. The van der Waals surface area contributed by atoms with Gasteiger partial charge in [-0.15, -0.1) is 68.0 Å². The van der Waals surface area contributed by atoms with Gasteiger partial charge < -0.3 is 41.6 Å². The Kier molecular flexibility index (Phi) is 18.6. The van der Waals surface area contributed by atoms with Crippen LogP contribution < -0.4 is 32.3 Å². The summed E-state index contributed by atoms with van der Waals surface area (Å²) in [6.07, 6.45) is 0.570. The molecule has 8 heterocycles. The summed E-state index contributed by atoms with van der Waals surface area (Å²) in [6, 6.07) is 10.5. The number of anilines is 1. The maximum atomic E-state index is 14.4. The van der Waals surface area contributed by atoms with Gasteiger partial charge in [-0.1, -0.05) is 44.2 Å². The minimum Gasteiger partial charge on any atom is -0.446 e. The topological polar surface area (TPSA) is 318 Å². The summed E-state index contributed by atoms with van der Waals surface area (Å²) in [5.41, 5.74) is 9.05. The van der Waals surface area contributed by atoms with Crippen LogP contribution in [0.25, 0.3) is 43.4 Å². The lowest BCUT2D eigenvalue weighted by Gasteiger charge is -2.25. The quantitative estimate of drug-likeness (QED) is 0.0671. The van der Waals surface area contributed by atoms with Gasteiger partial charge in [0, 0.05) is 64.5 Å². The SMILES string of the molecule is CNC(=O)C[C@@H]1NC(=O)c2csc(n2)-c2ccc(-c3nc(NC(=O)OC4CCC(N)CC4)cs3)nc2-c2csc(n2)-c2csc(n2)[C@H]([C@@H](O)c2ccccc2)NC(=O)CNC(=O)c2nc(sc2COC)[C@@H](C(C)C)CC(=O)c2nc1sc2C. The third-order valence-corrected chi connectivity index (χ3v) is 19.6. The molecule has 5 amide bonds. The van der Waals surface area contributed by atoms with Crippen LogP contribution in [0.3, 0.4) is 0 Å². The van der Waals surface area contributed by atoms with Crippen LogP contribution in [0.4, 0.5) is 10.6 Å². The molecule has 1 aromatic carbocycles. The lowest BCUT2D eigenvalue weighted by molar-refractivity contribution is -0.122. The second kappa shape index (κ2) is 26.2. The van der Waals surface area contributed by atoms with Crippen LogP contribution in [0.15, 0.2) is 64.0 Å². The molecule has 10 rings (SSSR count). The van der Waals surface area contributed by atoms with Crippen LogP contribution >= 0.6 is 68.0 Å². The zero-order valence-electron chi connectivity index (χ0n) is 45.4. The molecule has 28 heteroatoms. The molecule has 8 aromatic rings. The van der Waals surface area contributed by atoms with E-state index in [-0.39, 0.29) is 72.1 Å². The number of aryl methyl sites for hydroxylation is 1. The molecule has 1 fully saturated rings. The Labute approximate surface area is 500 Å². The van der Waals surface area contributed by atoms with E-state index in [1.54, 1.807) is 64.8 Å². The van der Waals surface area contributed by atoms with Crippen molar-refractivity contribution in [3.63, 3.8) is 0 Å². The number of nitrogens with one attached hydrogen (secondary N) is 5. The molecule has 2 aliphatic rings. The maximum Gasteiger partial charge on any atom is 0.413 e. The highest BCUT2D eigenvalue weighted by atomic mass is 32.1. The first-order chi connectivity index (χ1) is 40.0. The van der Waals surface area contributed by atoms with Crippen molar-refractivity contribution in [2.75, 3.05) is 26.0 Å². The largest absolute Gasteiger partial charge is 0.446 e. The molecule has 0 radical (unpaired) electrons. The van der Waals surface area contributed by atoms with E-state index in [0.717, 1.165) is 12.8 Å². The van der Waals surface area contributed by atoms with E-state index in [2.05, 4.69) is 31.6 Å². The number of nitrogens with two attached hydrogens (primary N) is 1. The molecule has 83 heavy (non-hydrogen) atoms. The number of aliphatic hydroxyl groups excluding tert-OH is 1. The Hall–Kier alpha value is -7.15. The van der Waals surface area contributed by atoms with Crippen molar-refractivity contribution < 1.29 is 43.3 Å². The number of rotatable bonds is 10. The van der Waals surface area contributed by atoms with Crippen LogP contribution in [0.1, 0.15) is 138 Å². The van der Waals surface area contributed by atoms with Gasteiger partial charge in [0.15, 0.2) is 5.78 Å². The zero-order chi connectivity index (χ0) is 58.5. The zero-order valence-corrected chi connectivity index (χ0v) is 50.3. The number of Topliss-reactive ketones (excluding diaryl/α,β-unsaturated/α-hetero) is 1. The normalized spacial score (nSPS) is 19.3. The van der Waals surface area contributed by atoms with E-state index in [1.165, 1.54) is 82.2 Å². The van der Waals surface area contributed by atoms with Gasteiger partial charge in [0.05, 0.1) is 41.2 Å². The second-order valence-corrected chi connectivity index (χ2v) is 25.8. The number of aliphatic hydroxyl groups is 1. The Balaban J connectivity index is 1.03. The summed E-state index contributed by atoms with van der Waals surface area (Å²) in [4.78, 5) is 118. The van der Waals surface area contributed by atoms with E-state index < -0.39 is 54.5 Å². The molecule has 22 nitrogen and oxygen atoms in total. The fourth-order valence-electron chi connectivity index (χ4n) is 9.39. The smallest absolute Gasteiger partial charge is 0.413 e. The van der Waals surface area contributed by atoms with Crippen molar-refractivity contribution in [3.05, 3.63) is 111 Å². The number of hydrogen-bond acceptors (Lipinski definition) is 23. The lowest BCUT2D eigenvalue weighted by Crippen LogP contribution is -2.40. The van der Waals surface area contributed by atoms with Gasteiger partial charge in [-0.05, 0) is 56.2 Å². The summed E-state index contributed by atoms with van der Waals surface area (Å²) in [6.45, 7) is 5.19. The molecule has 0 saturated heterocycles. The van der Waals surface area contributed by atoms with Gasteiger partial charge in [-0.25, -0.2) is 39.7 Å². The van der Waals surface area contributed by atoms with Gasteiger partial charge in [0.1, 0.15) is 83.3 Å². The number of aromatic nitrogens is 7. The van der Waals surface area contributed by atoms with Gasteiger partial charge in [-0.3, -0.25) is 29.3 Å². The monoisotopic (exact) mass is 1240 g/mol. The number of nitrogens with zero attached hydrogens (tertiary/aromatic N) is 7. The highest BCUT2D eigenvalue weighted by Gasteiger charge is 2.33. The van der Waals surface area contributed by atoms with Crippen LogP contribution in [0, 0.1) is 12.8 Å². The van der Waals surface area contributed by atoms with Crippen LogP contribution in [-0.4, -0.2) is 108 Å². The Morgan fingerprint density at radius 2 is 1.46 bits per heavy atom. The molecule has 4 atom stereocenters. The van der Waals surface area contributed by atoms with E-state index in [4.69, 9.17) is 45.1 Å². The summed E-state index contributed by atoms with van der Waals surface area (Å²) in [5.74, 6) is -2.85. The molecule has 0 unspecified atom stereocenters. The maximum absolute atomic E-state index is 14.4. The molecule has 8 N–H and O–H groups in total. The van der Waals surface area contributed by atoms with Crippen molar-refractivity contribution in [3.8, 4) is 43.4 Å². The molecule has 10 bridgehead atoms. The number of ketones is 1. The predicted octanol–water partition coefficient (Wildman–Crippen LogP) is 9.02. The van der Waals surface area contributed by atoms with Crippen molar-refractivity contribution in [2.45, 2.75) is 102 Å². The number of carbonyl (C=O) groups excluding carboxylic acids is 6. The first kappa shape index (κ1) is 59.0. The third-order valence-electron chi connectivity index (χ3n) is 13.8. The number of amides is 5. The van der Waals surface area contributed by atoms with Gasteiger partial charge in [0.25, 0.3) is 11.8 Å². The van der Waals surface area contributed by atoms with E-state index in [0.29, 0.717) is 86.5 Å². The van der Waals surface area contributed by atoms with Crippen LogP contribution in [-0.2, 0) is 25.7 Å². The molecule has 1 aliphatic carbocycles. The molecule has 0 spiro atoms. The van der Waals surface area contributed by atoms with Crippen LogP contribution in [0.5, 0.6) is 0 Å². The summed E-state index contributed by atoms with van der Waals surface area (Å²) >= 11 is 7.36. The Morgan fingerprint density at radius 1 is 0.747 bits per heavy atom. The number of benzene rings is 1. The minimum atomic E-state index is -1.26. The van der Waals surface area contributed by atoms with Crippen molar-refractivity contribution in [1.82, 2.24) is 56.2 Å². The average Bonchev–Trinajstić information content (AvgIpc) is 3.58. The predicted molar refractivity (Wildman–Crippen MR) is 319 cm³/mol.